The van der Waals surface area contributed by atoms with Crippen LogP contribution in [0.4, 0.5) is 5.69 Å². The van der Waals surface area contributed by atoms with Crippen LogP contribution >= 0.6 is 11.6 Å². The van der Waals surface area contributed by atoms with Crippen molar-refractivity contribution < 1.29 is 9.72 Å². The van der Waals surface area contributed by atoms with Crippen LogP contribution in [-0.2, 0) is 6.54 Å². The third-order valence-electron chi connectivity index (χ3n) is 2.68. The number of rotatable bonds is 4. The van der Waals surface area contributed by atoms with E-state index in [-0.39, 0.29) is 22.2 Å². The van der Waals surface area contributed by atoms with E-state index in [4.69, 9.17) is 11.6 Å². The Bertz CT molecular complexity index is 642. The molecular weight excluding hydrogens is 284 g/mol. The Labute approximate surface area is 119 Å². The number of imidazole rings is 1. The van der Waals surface area contributed by atoms with Crippen LogP contribution in [0.15, 0.2) is 30.6 Å². The molecule has 0 bridgehead atoms. The lowest BCUT2D eigenvalue weighted by molar-refractivity contribution is -0.384. The molecule has 1 aromatic carbocycles. The molecule has 0 aliphatic heterocycles. The number of aromatic nitrogens is 2. The first-order chi connectivity index (χ1) is 9.49. The van der Waals surface area contributed by atoms with Gasteiger partial charge in [0.25, 0.3) is 11.6 Å². The summed E-state index contributed by atoms with van der Waals surface area (Å²) in [6.07, 6.45) is 3.25. The lowest BCUT2D eigenvalue weighted by Gasteiger charge is -2.16. The van der Waals surface area contributed by atoms with Crippen LogP contribution in [0.3, 0.4) is 0 Å². The van der Waals surface area contributed by atoms with E-state index in [0.717, 1.165) is 6.07 Å². The summed E-state index contributed by atoms with van der Waals surface area (Å²) >= 11 is 5.92. The average molecular weight is 295 g/mol. The first-order valence-electron chi connectivity index (χ1n) is 5.66. The smallest absolute Gasteiger partial charge is 0.270 e. The minimum Gasteiger partial charge on any atom is -0.347 e. The lowest BCUT2D eigenvalue weighted by Crippen LogP contribution is -2.27. The molecule has 2 rings (SSSR count). The molecule has 8 heteroatoms. The molecule has 2 aromatic rings. The van der Waals surface area contributed by atoms with E-state index >= 15 is 0 Å². The molecule has 0 saturated carbocycles. The molecule has 1 N–H and O–H groups in total. The number of nitrogens with one attached hydrogen (secondary N) is 1. The lowest BCUT2D eigenvalue weighted by atomic mass is 10.2. The van der Waals surface area contributed by atoms with Crippen LogP contribution in [0.1, 0.15) is 16.2 Å². The molecule has 0 fully saturated rings. The summed E-state index contributed by atoms with van der Waals surface area (Å²) in [6, 6.07) is 3.76. The van der Waals surface area contributed by atoms with Gasteiger partial charge in [0, 0.05) is 31.6 Å². The maximum Gasteiger partial charge on any atom is 0.270 e. The van der Waals surface area contributed by atoms with Gasteiger partial charge in [0.1, 0.15) is 5.82 Å². The van der Waals surface area contributed by atoms with Crippen LogP contribution in [0.25, 0.3) is 0 Å². The number of carbonyl (C=O) groups excluding carboxylic acids is 1. The first kappa shape index (κ1) is 14.0. The predicted octanol–water partition coefficient (Wildman–Crippen LogP) is 2.24. The van der Waals surface area contributed by atoms with Gasteiger partial charge in [0.15, 0.2) is 0 Å². The summed E-state index contributed by atoms with van der Waals surface area (Å²) in [4.78, 5) is 30.6. The fourth-order valence-electron chi connectivity index (χ4n) is 1.68. The SMILES string of the molecule is CN(Cc1ncc[nH]1)C(=O)c1ccc([N+](=O)[O-])cc1Cl. The molecule has 20 heavy (non-hydrogen) atoms. The number of amides is 1. The number of benzene rings is 1. The monoisotopic (exact) mass is 294 g/mol. The van der Waals surface area contributed by atoms with Gasteiger partial charge >= 0.3 is 0 Å². The third-order valence-corrected chi connectivity index (χ3v) is 3.00. The summed E-state index contributed by atoms with van der Waals surface area (Å²) in [5, 5.41) is 10.7. The number of carbonyl (C=O) groups is 1. The Morgan fingerprint density at radius 2 is 2.30 bits per heavy atom. The highest BCUT2D eigenvalue weighted by molar-refractivity contribution is 6.34. The molecule has 104 valence electrons. The van der Waals surface area contributed by atoms with Gasteiger partial charge in [-0.25, -0.2) is 4.98 Å². The number of nitro benzene ring substituents is 1. The number of hydrogen-bond donors (Lipinski definition) is 1. The molecule has 1 heterocycles. The van der Waals surface area contributed by atoms with Crippen LogP contribution in [-0.4, -0.2) is 32.7 Å². The topological polar surface area (TPSA) is 92.1 Å². The van der Waals surface area contributed by atoms with Crippen LogP contribution in [0.2, 0.25) is 5.02 Å². The summed E-state index contributed by atoms with van der Waals surface area (Å²) in [5.41, 5.74) is 0.0616. The van der Waals surface area contributed by atoms with E-state index < -0.39 is 4.92 Å². The van der Waals surface area contributed by atoms with Crippen LogP contribution in [0, 0.1) is 10.1 Å². The number of hydrogen-bond acceptors (Lipinski definition) is 4. The second-order valence-corrected chi connectivity index (χ2v) is 4.53. The minimum atomic E-state index is -0.563. The molecule has 1 amide bonds. The fraction of sp³-hybridized carbons (Fsp3) is 0.167. The molecule has 0 aliphatic rings. The summed E-state index contributed by atoms with van der Waals surface area (Å²) in [7, 11) is 1.60. The van der Waals surface area contributed by atoms with Crippen molar-refractivity contribution in [2.24, 2.45) is 0 Å². The minimum absolute atomic E-state index is 0.0514. The third kappa shape index (κ3) is 2.94. The van der Waals surface area contributed by atoms with Gasteiger partial charge in [-0.05, 0) is 6.07 Å². The van der Waals surface area contributed by atoms with E-state index in [9.17, 15) is 14.9 Å². The highest BCUT2D eigenvalue weighted by Gasteiger charge is 2.18. The Balaban J connectivity index is 2.18. The zero-order valence-corrected chi connectivity index (χ0v) is 11.3. The summed E-state index contributed by atoms with van der Waals surface area (Å²) in [5.74, 6) is 0.306. The maximum atomic E-state index is 12.2. The number of nitrogens with zero attached hydrogens (tertiary/aromatic N) is 3. The molecule has 1 aromatic heterocycles. The van der Waals surface area contributed by atoms with Gasteiger partial charge in [0.2, 0.25) is 0 Å². The van der Waals surface area contributed by atoms with Crippen molar-refractivity contribution in [3.63, 3.8) is 0 Å². The van der Waals surface area contributed by atoms with Gasteiger partial charge in [-0.3, -0.25) is 14.9 Å². The van der Waals surface area contributed by atoms with Crippen molar-refractivity contribution in [2.45, 2.75) is 6.54 Å². The van der Waals surface area contributed by atoms with E-state index in [1.807, 2.05) is 0 Å². The van der Waals surface area contributed by atoms with Crippen LogP contribution < -0.4 is 0 Å². The molecule has 7 nitrogen and oxygen atoms in total. The predicted molar refractivity (Wildman–Crippen MR) is 72.5 cm³/mol. The molecule has 0 atom stereocenters. The Morgan fingerprint density at radius 1 is 1.55 bits per heavy atom. The zero-order valence-electron chi connectivity index (χ0n) is 10.5. The highest BCUT2D eigenvalue weighted by Crippen LogP contribution is 2.23. The standard InChI is InChI=1S/C12H11ClN4O3/c1-16(7-11-14-4-5-15-11)12(18)9-3-2-8(17(19)20)6-10(9)13/h2-6H,7H2,1H3,(H,14,15). The number of non-ortho nitro benzene ring substituents is 1. The molecule has 0 unspecified atom stereocenters. The van der Waals surface area contributed by atoms with Crippen molar-refractivity contribution in [3.05, 3.63) is 57.1 Å². The quantitative estimate of drug-likeness (QED) is 0.691. The highest BCUT2D eigenvalue weighted by atomic mass is 35.5. The van der Waals surface area contributed by atoms with Gasteiger partial charge in [-0.15, -0.1) is 0 Å². The summed E-state index contributed by atoms with van der Waals surface area (Å²) in [6.45, 7) is 0.291. The normalized spacial score (nSPS) is 10.3. The first-order valence-corrected chi connectivity index (χ1v) is 6.04. The average Bonchev–Trinajstić information content (AvgIpc) is 2.90. The number of nitro groups is 1. The molecule has 0 saturated heterocycles. The van der Waals surface area contributed by atoms with E-state index in [2.05, 4.69) is 9.97 Å². The van der Waals surface area contributed by atoms with Crippen LogP contribution in [0.5, 0.6) is 0 Å². The number of H-pyrrole nitrogens is 1. The van der Waals surface area contributed by atoms with Gasteiger partial charge in [-0.2, -0.15) is 0 Å². The van der Waals surface area contributed by atoms with E-state index in [0.29, 0.717) is 12.4 Å². The van der Waals surface area contributed by atoms with Gasteiger partial charge in [-0.1, -0.05) is 11.6 Å². The Morgan fingerprint density at radius 3 is 2.85 bits per heavy atom. The van der Waals surface area contributed by atoms with Crippen molar-refractivity contribution >= 4 is 23.2 Å². The Kier molecular flexibility index (Phi) is 3.99. The second kappa shape index (κ2) is 5.70. The Hall–Kier alpha value is -2.41. The molecule has 0 radical (unpaired) electrons. The largest absolute Gasteiger partial charge is 0.347 e. The fourth-order valence-corrected chi connectivity index (χ4v) is 1.93. The van der Waals surface area contributed by atoms with Crippen molar-refractivity contribution in [3.8, 4) is 0 Å². The second-order valence-electron chi connectivity index (χ2n) is 4.12. The van der Waals surface area contributed by atoms with Crippen molar-refractivity contribution in [2.75, 3.05) is 7.05 Å². The van der Waals surface area contributed by atoms with Crippen molar-refractivity contribution in [1.82, 2.24) is 14.9 Å². The summed E-state index contributed by atoms with van der Waals surface area (Å²) < 4.78 is 0. The molecule has 0 spiro atoms. The van der Waals surface area contributed by atoms with E-state index in [1.165, 1.54) is 17.0 Å². The zero-order chi connectivity index (χ0) is 14.7. The maximum absolute atomic E-state index is 12.2. The van der Waals surface area contributed by atoms with Gasteiger partial charge in [0.05, 0.1) is 22.1 Å². The molecule has 0 aliphatic carbocycles. The number of aromatic amines is 1. The van der Waals surface area contributed by atoms with E-state index in [1.54, 1.807) is 19.4 Å². The van der Waals surface area contributed by atoms with Crippen molar-refractivity contribution in [1.29, 1.82) is 0 Å². The molecular formula is C12H11ClN4O3. The van der Waals surface area contributed by atoms with Gasteiger partial charge < -0.3 is 9.88 Å². The number of halogens is 1.